The zero-order valence-corrected chi connectivity index (χ0v) is 12.5. The molecular formula is C17H21NO3. The Morgan fingerprint density at radius 2 is 1.52 bits per heavy atom. The van der Waals surface area contributed by atoms with Crippen LogP contribution in [-0.4, -0.2) is 16.3 Å². The predicted molar refractivity (Wildman–Crippen MR) is 84.0 cm³/mol. The molecule has 112 valence electrons. The smallest absolute Gasteiger partial charge is 0.142 e. The van der Waals surface area contributed by atoms with Crippen molar-refractivity contribution in [3.63, 3.8) is 0 Å². The fourth-order valence-electron chi connectivity index (χ4n) is 2.23. The first-order valence-electron chi connectivity index (χ1n) is 7.02. The minimum Gasteiger partial charge on any atom is -0.507 e. The van der Waals surface area contributed by atoms with Crippen LogP contribution >= 0.6 is 0 Å². The first kappa shape index (κ1) is 15.0. The van der Waals surface area contributed by atoms with Crippen LogP contribution in [0.5, 0.6) is 17.2 Å². The summed E-state index contributed by atoms with van der Waals surface area (Å²) < 4.78 is 5.76. The lowest BCUT2D eigenvalue weighted by atomic mass is 10.1. The molecule has 4 heteroatoms. The number of phenolic OH excluding ortho intramolecular Hbond substituents is 2. The summed E-state index contributed by atoms with van der Waals surface area (Å²) in [6.07, 6.45) is 0.0711. The Bertz CT molecular complexity index is 590. The van der Waals surface area contributed by atoms with Gasteiger partial charge in [-0.05, 0) is 45.0 Å². The molecular weight excluding hydrogens is 266 g/mol. The van der Waals surface area contributed by atoms with Gasteiger partial charge in [0.2, 0.25) is 0 Å². The molecule has 0 aromatic heterocycles. The zero-order valence-electron chi connectivity index (χ0n) is 12.5. The Labute approximate surface area is 125 Å². The topological polar surface area (TPSA) is 61.7 Å². The molecule has 21 heavy (non-hydrogen) atoms. The van der Waals surface area contributed by atoms with Gasteiger partial charge in [0.25, 0.3) is 0 Å². The van der Waals surface area contributed by atoms with Crippen molar-refractivity contribution >= 4 is 5.69 Å². The van der Waals surface area contributed by atoms with Gasteiger partial charge < -0.3 is 20.3 Å². The second-order valence-electron chi connectivity index (χ2n) is 5.24. The zero-order chi connectivity index (χ0) is 15.4. The molecule has 4 nitrogen and oxygen atoms in total. The van der Waals surface area contributed by atoms with E-state index in [1.165, 1.54) is 0 Å². The molecule has 0 heterocycles. The van der Waals surface area contributed by atoms with Gasteiger partial charge in [-0.2, -0.15) is 0 Å². The van der Waals surface area contributed by atoms with Crippen LogP contribution in [0.4, 0.5) is 5.69 Å². The Hall–Kier alpha value is -2.36. The predicted octanol–water partition coefficient (Wildman–Crippen LogP) is 4.06. The number of anilines is 1. The third-order valence-corrected chi connectivity index (χ3v) is 3.11. The Morgan fingerprint density at radius 3 is 2.14 bits per heavy atom. The molecule has 0 aliphatic rings. The van der Waals surface area contributed by atoms with Gasteiger partial charge in [0.1, 0.15) is 17.2 Å². The molecule has 0 amide bonds. The van der Waals surface area contributed by atoms with Crippen LogP contribution in [0.25, 0.3) is 0 Å². The summed E-state index contributed by atoms with van der Waals surface area (Å²) in [5, 5.41) is 23.1. The van der Waals surface area contributed by atoms with E-state index in [0.717, 1.165) is 11.4 Å². The van der Waals surface area contributed by atoms with Crippen molar-refractivity contribution in [2.24, 2.45) is 0 Å². The summed E-state index contributed by atoms with van der Waals surface area (Å²) in [6, 6.07) is 12.1. The third-order valence-electron chi connectivity index (χ3n) is 3.11. The lowest BCUT2D eigenvalue weighted by Gasteiger charge is -2.21. The highest BCUT2D eigenvalue weighted by Crippen LogP contribution is 2.36. The lowest BCUT2D eigenvalue weighted by Crippen LogP contribution is -2.11. The molecule has 0 aliphatic heterocycles. The van der Waals surface area contributed by atoms with Gasteiger partial charge in [-0.15, -0.1) is 0 Å². The highest BCUT2D eigenvalue weighted by atomic mass is 16.5. The van der Waals surface area contributed by atoms with Crippen LogP contribution in [0.2, 0.25) is 0 Å². The molecule has 0 aliphatic carbocycles. The van der Waals surface area contributed by atoms with Crippen LogP contribution in [-0.2, 0) is 0 Å². The normalized spacial score (nSPS) is 12.2. The number of phenols is 2. The summed E-state index contributed by atoms with van der Waals surface area (Å²) in [7, 11) is 0. The van der Waals surface area contributed by atoms with Crippen molar-refractivity contribution in [1.29, 1.82) is 0 Å². The average molecular weight is 287 g/mol. The average Bonchev–Trinajstić information content (AvgIpc) is 2.40. The Balaban J connectivity index is 2.26. The van der Waals surface area contributed by atoms with Crippen LogP contribution in [0.15, 0.2) is 42.5 Å². The summed E-state index contributed by atoms with van der Waals surface area (Å²) >= 11 is 0. The van der Waals surface area contributed by atoms with Gasteiger partial charge in [-0.3, -0.25) is 0 Å². The van der Waals surface area contributed by atoms with E-state index in [4.69, 9.17) is 4.74 Å². The second-order valence-corrected chi connectivity index (χ2v) is 5.24. The van der Waals surface area contributed by atoms with Gasteiger partial charge in [-0.1, -0.05) is 18.2 Å². The maximum Gasteiger partial charge on any atom is 0.142 e. The van der Waals surface area contributed by atoms with E-state index in [1.54, 1.807) is 18.2 Å². The maximum atomic E-state index is 9.92. The van der Waals surface area contributed by atoms with Crippen molar-refractivity contribution in [3.8, 4) is 17.2 Å². The minimum atomic E-state index is -0.261. The van der Waals surface area contributed by atoms with Crippen LogP contribution in [0, 0.1) is 0 Å². The van der Waals surface area contributed by atoms with E-state index in [1.807, 2.05) is 45.0 Å². The van der Waals surface area contributed by atoms with Crippen LogP contribution in [0.3, 0.4) is 0 Å². The minimum absolute atomic E-state index is 0.0669. The van der Waals surface area contributed by atoms with Crippen LogP contribution in [0.1, 0.15) is 32.4 Å². The fraction of sp³-hybridized carbons (Fsp3) is 0.294. The standard InChI is InChI=1S/C17H21NO3/c1-11(2)21-16-10-5-4-7-13(16)18-12(3)17-14(19)8-6-9-15(17)20/h4-12,18-20H,1-3H3. The van der Waals surface area contributed by atoms with E-state index >= 15 is 0 Å². The second kappa shape index (κ2) is 6.39. The molecule has 1 atom stereocenters. The van der Waals surface area contributed by atoms with E-state index in [-0.39, 0.29) is 23.6 Å². The number of nitrogens with one attached hydrogen (secondary N) is 1. The molecule has 0 saturated carbocycles. The summed E-state index contributed by atoms with van der Waals surface area (Å²) in [4.78, 5) is 0. The highest BCUT2D eigenvalue weighted by Gasteiger charge is 2.16. The van der Waals surface area contributed by atoms with Gasteiger partial charge in [0, 0.05) is 0 Å². The first-order chi connectivity index (χ1) is 9.99. The Morgan fingerprint density at radius 1 is 0.905 bits per heavy atom. The van der Waals surface area contributed by atoms with E-state index in [0.29, 0.717) is 5.56 Å². The SMILES string of the molecule is CC(C)Oc1ccccc1NC(C)c1c(O)cccc1O. The molecule has 0 spiro atoms. The molecule has 0 saturated heterocycles. The van der Waals surface area contributed by atoms with Gasteiger partial charge in [0.05, 0.1) is 23.4 Å². The number of hydrogen-bond acceptors (Lipinski definition) is 4. The third kappa shape index (κ3) is 3.60. The molecule has 3 N–H and O–H groups in total. The van der Waals surface area contributed by atoms with Crippen molar-refractivity contribution in [2.75, 3.05) is 5.32 Å². The van der Waals surface area contributed by atoms with Gasteiger partial charge in [-0.25, -0.2) is 0 Å². The molecule has 0 bridgehead atoms. The molecule has 0 radical (unpaired) electrons. The summed E-state index contributed by atoms with van der Waals surface area (Å²) in [6.45, 7) is 5.81. The van der Waals surface area contributed by atoms with Crippen molar-refractivity contribution in [1.82, 2.24) is 0 Å². The fourth-order valence-corrected chi connectivity index (χ4v) is 2.23. The number of para-hydroxylation sites is 2. The lowest BCUT2D eigenvalue weighted by molar-refractivity contribution is 0.243. The summed E-state index contributed by atoms with van der Waals surface area (Å²) in [5.74, 6) is 0.878. The number of ether oxygens (including phenoxy) is 1. The molecule has 2 rings (SSSR count). The first-order valence-corrected chi connectivity index (χ1v) is 7.02. The highest BCUT2D eigenvalue weighted by molar-refractivity contribution is 5.59. The number of rotatable bonds is 5. The maximum absolute atomic E-state index is 9.92. The van der Waals surface area contributed by atoms with E-state index in [2.05, 4.69) is 5.32 Å². The van der Waals surface area contributed by atoms with Gasteiger partial charge in [0.15, 0.2) is 0 Å². The number of benzene rings is 2. The summed E-state index contributed by atoms with van der Waals surface area (Å²) in [5.41, 5.74) is 1.29. The largest absolute Gasteiger partial charge is 0.507 e. The van der Waals surface area contributed by atoms with Crippen molar-refractivity contribution in [2.45, 2.75) is 32.9 Å². The molecule has 2 aromatic rings. The van der Waals surface area contributed by atoms with E-state index in [9.17, 15) is 10.2 Å². The van der Waals surface area contributed by atoms with E-state index < -0.39 is 0 Å². The van der Waals surface area contributed by atoms with Gasteiger partial charge >= 0.3 is 0 Å². The van der Waals surface area contributed by atoms with Crippen molar-refractivity contribution in [3.05, 3.63) is 48.0 Å². The van der Waals surface area contributed by atoms with Crippen molar-refractivity contribution < 1.29 is 14.9 Å². The number of hydrogen-bond donors (Lipinski definition) is 3. The molecule has 1 unspecified atom stereocenters. The number of aromatic hydroxyl groups is 2. The molecule has 0 fully saturated rings. The quantitative estimate of drug-likeness (QED) is 0.776. The van der Waals surface area contributed by atoms with Crippen LogP contribution < -0.4 is 10.1 Å². The monoisotopic (exact) mass is 287 g/mol. The molecule has 2 aromatic carbocycles. The Kier molecular flexibility index (Phi) is 4.58.